The largest absolute Gasteiger partial charge is 0.513 e. The highest BCUT2D eigenvalue weighted by molar-refractivity contribution is 5.94. The normalized spacial score (nSPS) is 10.4. The van der Waals surface area contributed by atoms with Crippen molar-refractivity contribution in [3.63, 3.8) is 0 Å². The number of carbonyl (C=O) groups excluding carboxylic acids is 3. The SMILES string of the molecule is CCOC(=O)Oc1ccc(C(=O)NCCNC(=O)/C=C/c2ccccc2F)cc1. The Balaban J connectivity index is 1.72. The van der Waals surface area contributed by atoms with Gasteiger partial charge in [-0.1, -0.05) is 18.2 Å². The zero-order valence-corrected chi connectivity index (χ0v) is 15.8. The fourth-order valence-electron chi connectivity index (χ4n) is 2.22. The second-order valence-electron chi connectivity index (χ2n) is 5.71. The Morgan fingerprint density at radius 1 is 1.00 bits per heavy atom. The highest BCUT2D eigenvalue weighted by Gasteiger charge is 2.08. The number of benzene rings is 2. The molecule has 0 unspecified atom stereocenters. The third-order valence-corrected chi connectivity index (χ3v) is 3.61. The fraction of sp³-hybridized carbons (Fsp3) is 0.190. The van der Waals surface area contributed by atoms with Crippen LogP contribution in [-0.2, 0) is 9.53 Å². The average molecular weight is 400 g/mol. The van der Waals surface area contributed by atoms with E-state index < -0.39 is 17.9 Å². The lowest BCUT2D eigenvalue weighted by molar-refractivity contribution is -0.116. The van der Waals surface area contributed by atoms with Crippen LogP contribution in [0.2, 0.25) is 0 Å². The minimum absolute atomic E-state index is 0.203. The molecule has 2 aromatic carbocycles. The molecule has 2 amide bonds. The van der Waals surface area contributed by atoms with Crippen molar-refractivity contribution in [1.82, 2.24) is 10.6 Å². The first-order chi connectivity index (χ1) is 14.0. The lowest BCUT2D eigenvalue weighted by atomic mass is 10.2. The maximum absolute atomic E-state index is 13.5. The summed E-state index contributed by atoms with van der Waals surface area (Å²) in [5.41, 5.74) is 0.679. The van der Waals surface area contributed by atoms with E-state index in [0.29, 0.717) is 11.1 Å². The Labute approximate surface area is 167 Å². The lowest BCUT2D eigenvalue weighted by Crippen LogP contribution is -2.33. The molecule has 0 bridgehead atoms. The topological polar surface area (TPSA) is 93.7 Å². The van der Waals surface area contributed by atoms with Crippen molar-refractivity contribution < 1.29 is 28.2 Å². The summed E-state index contributed by atoms with van der Waals surface area (Å²) in [6.07, 6.45) is 1.79. The Kier molecular flexibility index (Phi) is 8.37. The summed E-state index contributed by atoms with van der Waals surface area (Å²) in [5.74, 6) is -0.900. The monoisotopic (exact) mass is 400 g/mol. The summed E-state index contributed by atoms with van der Waals surface area (Å²) in [4.78, 5) is 35.0. The van der Waals surface area contributed by atoms with E-state index in [0.717, 1.165) is 0 Å². The molecule has 0 saturated carbocycles. The van der Waals surface area contributed by atoms with Gasteiger partial charge in [0.1, 0.15) is 11.6 Å². The first kappa shape index (κ1) is 21.6. The summed E-state index contributed by atoms with van der Waals surface area (Å²) in [6.45, 7) is 2.28. The highest BCUT2D eigenvalue weighted by atomic mass is 19.1. The number of amides is 2. The van der Waals surface area contributed by atoms with Crippen molar-refractivity contribution in [3.05, 3.63) is 71.6 Å². The number of halogens is 1. The molecule has 0 spiro atoms. The molecule has 2 aromatic rings. The maximum atomic E-state index is 13.5. The van der Waals surface area contributed by atoms with Crippen LogP contribution in [0.15, 0.2) is 54.6 Å². The van der Waals surface area contributed by atoms with E-state index in [4.69, 9.17) is 4.74 Å². The van der Waals surface area contributed by atoms with Gasteiger partial charge in [-0.05, 0) is 43.3 Å². The van der Waals surface area contributed by atoms with E-state index >= 15 is 0 Å². The van der Waals surface area contributed by atoms with E-state index in [1.54, 1.807) is 25.1 Å². The molecule has 0 heterocycles. The number of hydrogen-bond donors (Lipinski definition) is 2. The van der Waals surface area contributed by atoms with Crippen molar-refractivity contribution in [3.8, 4) is 5.75 Å². The third kappa shape index (κ3) is 7.45. The summed E-state index contributed by atoms with van der Waals surface area (Å²) >= 11 is 0. The van der Waals surface area contributed by atoms with Gasteiger partial charge in [0.2, 0.25) is 5.91 Å². The molecule has 0 atom stereocenters. The van der Waals surface area contributed by atoms with Gasteiger partial charge in [0.25, 0.3) is 5.91 Å². The van der Waals surface area contributed by atoms with Crippen LogP contribution < -0.4 is 15.4 Å². The summed E-state index contributed by atoms with van der Waals surface area (Å²) in [6, 6.07) is 12.1. The van der Waals surface area contributed by atoms with Crippen LogP contribution in [0.25, 0.3) is 6.08 Å². The summed E-state index contributed by atoms with van der Waals surface area (Å²) in [5, 5.41) is 5.24. The standard InChI is InChI=1S/C21H21FN2O5/c1-2-28-21(27)29-17-10-7-16(8-11-17)20(26)24-14-13-23-19(25)12-9-15-5-3-4-6-18(15)22/h3-12H,2,13-14H2,1H3,(H,23,25)(H,24,26)/b12-9+. The molecule has 0 aromatic heterocycles. The Hall–Kier alpha value is -3.68. The predicted octanol–water partition coefficient (Wildman–Crippen LogP) is 2.92. The summed E-state index contributed by atoms with van der Waals surface area (Å²) < 4.78 is 23.0. The van der Waals surface area contributed by atoms with Crippen LogP contribution in [0.3, 0.4) is 0 Å². The molecular formula is C21H21FN2O5. The van der Waals surface area contributed by atoms with Crippen LogP contribution in [0, 0.1) is 5.82 Å². The number of ether oxygens (including phenoxy) is 2. The van der Waals surface area contributed by atoms with Gasteiger partial charge in [0, 0.05) is 30.3 Å². The van der Waals surface area contributed by atoms with Gasteiger partial charge in [-0.15, -0.1) is 0 Å². The number of carbonyl (C=O) groups is 3. The minimum atomic E-state index is -0.815. The molecule has 0 saturated heterocycles. The first-order valence-electron chi connectivity index (χ1n) is 8.93. The Morgan fingerprint density at radius 3 is 2.38 bits per heavy atom. The zero-order valence-electron chi connectivity index (χ0n) is 15.8. The van der Waals surface area contributed by atoms with Gasteiger partial charge in [-0.2, -0.15) is 0 Å². The predicted molar refractivity (Wildman–Crippen MR) is 105 cm³/mol. The lowest BCUT2D eigenvalue weighted by Gasteiger charge is -2.07. The van der Waals surface area contributed by atoms with Crippen LogP contribution in [-0.4, -0.2) is 37.7 Å². The molecule has 0 aliphatic rings. The quantitative estimate of drug-likeness (QED) is 0.308. The van der Waals surface area contributed by atoms with Crippen molar-refractivity contribution >= 4 is 24.0 Å². The van der Waals surface area contributed by atoms with Crippen molar-refractivity contribution in [2.75, 3.05) is 19.7 Å². The van der Waals surface area contributed by atoms with Gasteiger partial charge >= 0.3 is 6.16 Å². The molecule has 7 nitrogen and oxygen atoms in total. The van der Waals surface area contributed by atoms with E-state index in [1.807, 2.05) is 0 Å². The summed E-state index contributed by atoms with van der Waals surface area (Å²) in [7, 11) is 0. The molecule has 152 valence electrons. The smallest absolute Gasteiger partial charge is 0.434 e. The molecule has 0 aliphatic heterocycles. The highest BCUT2D eigenvalue weighted by Crippen LogP contribution is 2.13. The van der Waals surface area contributed by atoms with Crippen LogP contribution in [0.1, 0.15) is 22.8 Å². The van der Waals surface area contributed by atoms with Crippen LogP contribution in [0.4, 0.5) is 9.18 Å². The second-order valence-corrected chi connectivity index (χ2v) is 5.71. The number of rotatable bonds is 8. The minimum Gasteiger partial charge on any atom is -0.434 e. The Bertz CT molecular complexity index is 881. The molecule has 8 heteroatoms. The van der Waals surface area contributed by atoms with E-state index in [9.17, 15) is 18.8 Å². The first-order valence-corrected chi connectivity index (χ1v) is 8.93. The molecule has 2 N–H and O–H groups in total. The maximum Gasteiger partial charge on any atom is 0.513 e. The molecular weight excluding hydrogens is 379 g/mol. The average Bonchev–Trinajstić information content (AvgIpc) is 2.71. The van der Waals surface area contributed by atoms with Crippen molar-refractivity contribution in [2.45, 2.75) is 6.92 Å². The van der Waals surface area contributed by atoms with Crippen molar-refractivity contribution in [1.29, 1.82) is 0 Å². The van der Waals surface area contributed by atoms with Gasteiger partial charge in [-0.25, -0.2) is 9.18 Å². The number of hydrogen-bond acceptors (Lipinski definition) is 5. The molecule has 2 rings (SSSR count). The van der Waals surface area contributed by atoms with Gasteiger partial charge in [0.15, 0.2) is 0 Å². The molecule has 0 fully saturated rings. The third-order valence-electron chi connectivity index (χ3n) is 3.61. The molecule has 0 aliphatic carbocycles. The Morgan fingerprint density at radius 2 is 1.69 bits per heavy atom. The molecule has 0 radical (unpaired) electrons. The van der Waals surface area contributed by atoms with E-state index in [-0.39, 0.29) is 31.4 Å². The van der Waals surface area contributed by atoms with Gasteiger partial charge in [-0.3, -0.25) is 9.59 Å². The fourth-order valence-corrected chi connectivity index (χ4v) is 2.22. The van der Waals surface area contributed by atoms with Crippen LogP contribution in [0.5, 0.6) is 5.75 Å². The van der Waals surface area contributed by atoms with E-state index in [2.05, 4.69) is 15.4 Å². The van der Waals surface area contributed by atoms with Crippen molar-refractivity contribution in [2.24, 2.45) is 0 Å². The van der Waals surface area contributed by atoms with Gasteiger partial charge < -0.3 is 20.1 Å². The number of nitrogens with one attached hydrogen (secondary N) is 2. The van der Waals surface area contributed by atoms with Crippen LogP contribution >= 0.6 is 0 Å². The second kappa shape index (κ2) is 11.2. The zero-order chi connectivity index (χ0) is 21.1. The van der Waals surface area contributed by atoms with Gasteiger partial charge in [0.05, 0.1) is 6.61 Å². The molecule has 29 heavy (non-hydrogen) atoms. The van der Waals surface area contributed by atoms with E-state index in [1.165, 1.54) is 42.5 Å².